The van der Waals surface area contributed by atoms with E-state index in [2.05, 4.69) is 326 Å². The number of nitrogens with zero attached hydrogens (tertiary/aromatic N) is 1. The van der Waals surface area contributed by atoms with E-state index < -0.39 is 0 Å². The third-order valence-electron chi connectivity index (χ3n) is 23.3. The molecule has 0 aliphatic heterocycles. The molecule has 0 radical (unpaired) electrons. The van der Waals surface area contributed by atoms with E-state index >= 15 is 0 Å². The lowest BCUT2D eigenvalue weighted by atomic mass is 9.73. The fourth-order valence-corrected chi connectivity index (χ4v) is 19.2. The van der Waals surface area contributed by atoms with Crippen molar-refractivity contribution in [3.05, 3.63) is 322 Å². The highest BCUT2D eigenvalue weighted by Gasteiger charge is 2.36. The average Bonchev–Trinajstić information content (AvgIpc) is 1.63. The van der Waals surface area contributed by atoms with Crippen molar-refractivity contribution in [1.29, 1.82) is 0 Å². The molecule has 1 heterocycles. The van der Waals surface area contributed by atoms with Crippen molar-refractivity contribution < 1.29 is 0 Å². The van der Waals surface area contributed by atoms with Crippen LogP contribution >= 0.6 is 0 Å². The van der Waals surface area contributed by atoms with Gasteiger partial charge >= 0.3 is 0 Å². The van der Waals surface area contributed by atoms with E-state index in [0.717, 1.165) is 16.7 Å². The van der Waals surface area contributed by atoms with Crippen LogP contribution in [-0.4, -0.2) is 4.57 Å². The Morgan fingerprint density at radius 2 is 0.323 bits per heavy atom. The fraction of sp³-hybridized carbons (Fsp3) is 0. The Balaban J connectivity index is 1.05. The van der Waals surface area contributed by atoms with Gasteiger partial charge in [-0.1, -0.05) is 309 Å². The largest absolute Gasteiger partial charge is 0.308 e. The molecule has 0 saturated carbocycles. The molecule has 0 atom stereocenters. The number of fused-ring (bicyclic) bond motifs is 3. The topological polar surface area (TPSA) is 4.93 Å². The standard InChI is InChI=1S/C98H53N/c1-3-22-81-69(20-1)70-21-2-4-23-82(70)99(81)98-96(79-52-42-67-32-27-57-13-8-18-62-37-47-74(79)91(67)86(57)62)94(77-50-40-65-30-25-55-11-6-16-60-35-45-72(77)89(65)84(55)60)93(76-49-39-64-29-24-54-10-5-15-59-34-44-71(76)88(64)83(54)59)95(78-51-41-66-31-26-56-12-7-17-61-36-46-73(78)90(66)85(56)61)97(98)80-53-43-68-33-28-58-14-9-19-63-38-48-75(80)92(68)87(58)63/h1-53H. The second kappa shape index (κ2) is 19.0. The molecule has 450 valence electrons. The van der Waals surface area contributed by atoms with Crippen LogP contribution in [0.1, 0.15) is 0 Å². The van der Waals surface area contributed by atoms with E-state index in [4.69, 9.17) is 0 Å². The molecule has 0 amide bonds. The first kappa shape index (κ1) is 52.4. The summed E-state index contributed by atoms with van der Waals surface area (Å²) < 4.78 is 2.72. The third-order valence-corrected chi connectivity index (χ3v) is 23.3. The molecule has 1 heteroatoms. The molecule has 24 aromatic rings. The van der Waals surface area contributed by atoms with Crippen molar-refractivity contribution in [1.82, 2.24) is 4.57 Å². The van der Waals surface area contributed by atoms with Crippen LogP contribution in [0.4, 0.5) is 0 Å². The third kappa shape index (κ3) is 6.79. The van der Waals surface area contributed by atoms with Gasteiger partial charge < -0.3 is 4.57 Å². The van der Waals surface area contributed by atoms with Gasteiger partial charge in [0, 0.05) is 33.0 Å². The lowest BCUT2D eigenvalue weighted by Gasteiger charge is -2.32. The Morgan fingerprint density at radius 1 is 0.131 bits per heavy atom. The van der Waals surface area contributed by atoms with Crippen LogP contribution in [-0.2, 0) is 0 Å². The van der Waals surface area contributed by atoms with Crippen LogP contribution in [0.3, 0.4) is 0 Å². The minimum atomic E-state index is 1.14. The van der Waals surface area contributed by atoms with Gasteiger partial charge in [-0.3, -0.25) is 0 Å². The second-order valence-corrected chi connectivity index (χ2v) is 27.9. The first-order chi connectivity index (χ1) is 49.1. The first-order valence-electron chi connectivity index (χ1n) is 34.7. The smallest absolute Gasteiger partial charge is 0.0632 e. The Labute approximate surface area is 567 Å². The SMILES string of the molecule is c1cc2ccc3ccc(-c4c(-c5ccc6ccc7cccc8ccc5c6c78)c(-c5ccc6ccc7cccc8ccc5c6c78)c(-n5c6ccccc6c6ccccc65)c(-c5ccc6ccc7cccc8ccc5c6c78)c4-c4ccc5ccc6cccc7ccc4c5c67)c4ccc(c1)c2c34. The van der Waals surface area contributed by atoms with Crippen molar-refractivity contribution in [2.75, 3.05) is 0 Å². The molecule has 23 aromatic carbocycles. The monoisotopic (exact) mass is 1240 g/mol. The molecule has 0 unspecified atom stereocenters. The summed E-state index contributed by atoms with van der Waals surface area (Å²) in [7, 11) is 0. The van der Waals surface area contributed by atoms with Gasteiger partial charge in [-0.2, -0.15) is 0 Å². The van der Waals surface area contributed by atoms with Crippen LogP contribution in [0.25, 0.3) is 245 Å². The Morgan fingerprint density at radius 3 is 0.576 bits per heavy atom. The van der Waals surface area contributed by atoms with E-state index in [1.807, 2.05) is 0 Å². The number of aromatic nitrogens is 1. The maximum atomic E-state index is 2.72. The van der Waals surface area contributed by atoms with Gasteiger partial charge in [0.05, 0.1) is 16.7 Å². The van der Waals surface area contributed by atoms with Gasteiger partial charge in [0.15, 0.2) is 0 Å². The zero-order valence-corrected chi connectivity index (χ0v) is 53.5. The highest BCUT2D eigenvalue weighted by atomic mass is 15.0. The summed E-state index contributed by atoms with van der Waals surface area (Å²) >= 11 is 0. The minimum Gasteiger partial charge on any atom is -0.308 e. The number of hydrogen-bond acceptors (Lipinski definition) is 0. The van der Waals surface area contributed by atoms with Gasteiger partial charge in [0.1, 0.15) is 0 Å². The van der Waals surface area contributed by atoms with Crippen LogP contribution in [0.15, 0.2) is 322 Å². The summed E-state index contributed by atoms with van der Waals surface area (Å²) in [4.78, 5) is 0. The van der Waals surface area contributed by atoms with E-state index in [1.54, 1.807) is 0 Å². The molecule has 24 rings (SSSR count). The molecule has 0 aliphatic carbocycles. The first-order valence-corrected chi connectivity index (χ1v) is 34.7. The van der Waals surface area contributed by atoms with Crippen LogP contribution in [0.2, 0.25) is 0 Å². The molecular formula is C98H53N. The van der Waals surface area contributed by atoms with Gasteiger partial charge in [0.2, 0.25) is 0 Å². The maximum Gasteiger partial charge on any atom is 0.0632 e. The van der Waals surface area contributed by atoms with Crippen molar-refractivity contribution in [3.8, 4) is 61.3 Å². The Bertz CT molecular complexity index is 7200. The Kier molecular flexibility index (Phi) is 10.0. The second-order valence-electron chi connectivity index (χ2n) is 27.9. The van der Waals surface area contributed by atoms with Crippen molar-refractivity contribution in [2.45, 2.75) is 0 Å². The van der Waals surface area contributed by atoms with Crippen LogP contribution in [0, 0.1) is 0 Å². The number of para-hydroxylation sites is 2. The summed E-state index contributed by atoms with van der Waals surface area (Å²) in [6.45, 7) is 0. The molecule has 0 fully saturated rings. The quantitative estimate of drug-likeness (QED) is 0.146. The predicted octanol–water partition coefficient (Wildman–Crippen LogP) is 27.6. The van der Waals surface area contributed by atoms with Gasteiger partial charge in [-0.25, -0.2) is 0 Å². The van der Waals surface area contributed by atoms with Gasteiger partial charge in [0.25, 0.3) is 0 Å². The highest BCUT2D eigenvalue weighted by molar-refractivity contribution is 6.36. The predicted molar refractivity (Wildman–Crippen MR) is 426 cm³/mol. The minimum absolute atomic E-state index is 1.14. The summed E-state index contributed by atoms with van der Waals surface area (Å²) in [5.41, 5.74) is 15.3. The summed E-state index contributed by atoms with van der Waals surface area (Å²) in [5, 5.41) is 40.0. The maximum absolute atomic E-state index is 2.72. The highest BCUT2D eigenvalue weighted by Crippen LogP contribution is 2.61. The zero-order valence-electron chi connectivity index (χ0n) is 53.5. The lowest BCUT2D eigenvalue weighted by molar-refractivity contribution is 1.19. The number of rotatable bonds is 6. The molecule has 0 aliphatic rings. The van der Waals surface area contributed by atoms with Crippen molar-refractivity contribution in [3.63, 3.8) is 0 Å². The van der Waals surface area contributed by atoms with Crippen molar-refractivity contribution >= 4 is 183 Å². The number of benzene rings is 23. The van der Waals surface area contributed by atoms with Crippen LogP contribution < -0.4 is 0 Å². The van der Waals surface area contributed by atoms with E-state index in [1.165, 1.54) is 228 Å². The average molecular weight is 1240 g/mol. The molecule has 99 heavy (non-hydrogen) atoms. The lowest BCUT2D eigenvalue weighted by Crippen LogP contribution is -2.08. The fourth-order valence-electron chi connectivity index (χ4n) is 19.2. The summed E-state index contributed by atoms with van der Waals surface area (Å²) in [6, 6.07) is 125. The molecule has 1 aromatic heterocycles. The van der Waals surface area contributed by atoms with Crippen molar-refractivity contribution in [2.24, 2.45) is 0 Å². The number of hydrogen-bond donors (Lipinski definition) is 0. The Hall–Kier alpha value is -12.9. The molecule has 1 nitrogen and oxygen atoms in total. The van der Waals surface area contributed by atoms with E-state index in [9.17, 15) is 0 Å². The van der Waals surface area contributed by atoms with Gasteiger partial charge in [-0.05, 0) is 207 Å². The van der Waals surface area contributed by atoms with E-state index in [0.29, 0.717) is 0 Å². The van der Waals surface area contributed by atoms with E-state index in [-0.39, 0.29) is 0 Å². The molecule has 0 saturated heterocycles. The summed E-state index contributed by atoms with van der Waals surface area (Å²) in [6.07, 6.45) is 0. The normalized spacial score (nSPS) is 12.6. The molecule has 0 bridgehead atoms. The molecule has 0 N–H and O–H groups in total. The molecule has 0 spiro atoms. The zero-order chi connectivity index (χ0) is 64.0. The summed E-state index contributed by atoms with van der Waals surface area (Å²) in [5.74, 6) is 0. The van der Waals surface area contributed by atoms with Gasteiger partial charge in [-0.15, -0.1) is 0 Å². The molecular weight excluding hydrogens is 1190 g/mol. The van der Waals surface area contributed by atoms with Crippen LogP contribution in [0.5, 0.6) is 0 Å².